The van der Waals surface area contributed by atoms with Crippen LogP contribution in [0.25, 0.3) is 0 Å². The Morgan fingerprint density at radius 1 is 1.18 bits per heavy atom. The molecule has 0 bridgehead atoms. The molecule has 0 radical (unpaired) electrons. The van der Waals surface area contributed by atoms with E-state index in [0.29, 0.717) is 17.3 Å². The van der Waals surface area contributed by atoms with Crippen LogP contribution in [0.2, 0.25) is 5.02 Å². The smallest absolute Gasteiger partial charge is 0.260 e. The Balaban J connectivity index is 1.71. The van der Waals surface area contributed by atoms with Gasteiger partial charge in [-0.15, -0.1) is 11.8 Å². The van der Waals surface area contributed by atoms with E-state index in [4.69, 9.17) is 16.3 Å². The zero-order valence-corrected chi connectivity index (χ0v) is 13.9. The minimum Gasteiger partial charge on any atom is -0.479 e. The van der Waals surface area contributed by atoms with E-state index < -0.39 is 6.10 Å². The highest BCUT2D eigenvalue weighted by molar-refractivity contribution is 7.99. The molecule has 2 aromatic rings. The molecule has 0 unspecified atom stereocenters. The molecule has 0 aliphatic rings. The molecule has 3 nitrogen and oxygen atoms in total. The van der Waals surface area contributed by atoms with Crippen LogP contribution in [0, 0.1) is 0 Å². The van der Waals surface area contributed by atoms with E-state index >= 15 is 0 Å². The van der Waals surface area contributed by atoms with Gasteiger partial charge in [-0.2, -0.15) is 0 Å². The zero-order chi connectivity index (χ0) is 15.8. The number of ether oxygens (including phenoxy) is 1. The van der Waals surface area contributed by atoms with Crippen molar-refractivity contribution in [1.29, 1.82) is 0 Å². The summed E-state index contributed by atoms with van der Waals surface area (Å²) < 4.78 is 5.57. The Kier molecular flexibility index (Phi) is 6.62. The van der Waals surface area contributed by atoms with E-state index in [1.807, 2.05) is 30.3 Å². The highest BCUT2D eigenvalue weighted by atomic mass is 35.5. The lowest BCUT2D eigenvalue weighted by atomic mass is 10.3. The van der Waals surface area contributed by atoms with Gasteiger partial charge in [-0.3, -0.25) is 4.79 Å². The van der Waals surface area contributed by atoms with Gasteiger partial charge >= 0.3 is 0 Å². The maximum Gasteiger partial charge on any atom is 0.260 e. The largest absolute Gasteiger partial charge is 0.479 e. The summed E-state index contributed by atoms with van der Waals surface area (Å²) in [6.45, 7) is 2.30. The van der Waals surface area contributed by atoms with Crippen molar-refractivity contribution >= 4 is 29.3 Å². The Morgan fingerprint density at radius 3 is 2.59 bits per heavy atom. The summed E-state index contributed by atoms with van der Waals surface area (Å²) in [5.74, 6) is 1.19. The molecule has 0 aliphatic carbocycles. The van der Waals surface area contributed by atoms with Crippen molar-refractivity contribution in [3.63, 3.8) is 0 Å². The summed E-state index contributed by atoms with van der Waals surface area (Å²) in [7, 11) is 0. The number of rotatable bonds is 7. The molecule has 2 aromatic carbocycles. The summed E-state index contributed by atoms with van der Waals surface area (Å²) in [5, 5.41) is 3.37. The monoisotopic (exact) mass is 335 g/mol. The second-order valence-corrected chi connectivity index (χ2v) is 6.22. The molecule has 0 saturated heterocycles. The number of amides is 1. The quantitative estimate of drug-likeness (QED) is 0.613. The maximum absolute atomic E-state index is 12.0. The first-order valence-corrected chi connectivity index (χ1v) is 8.40. The van der Waals surface area contributed by atoms with Crippen molar-refractivity contribution in [3.05, 3.63) is 59.6 Å². The molecule has 0 aliphatic heterocycles. The van der Waals surface area contributed by atoms with Crippen LogP contribution in [0.5, 0.6) is 5.75 Å². The first kappa shape index (κ1) is 16.7. The molecule has 1 atom stereocenters. The lowest BCUT2D eigenvalue weighted by Gasteiger charge is -2.15. The van der Waals surface area contributed by atoms with Crippen molar-refractivity contribution in [2.75, 3.05) is 12.3 Å². The third-order valence-electron chi connectivity index (χ3n) is 2.92. The molecule has 0 spiro atoms. The third kappa shape index (κ3) is 5.28. The van der Waals surface area contributed by atoms with E-state index in [9.17, 15) is 4.79 Å². The average Bonchev–Trinajstić information content (AvgIpc) is 2.54. The Bertz CT molecular complexity index is 607. The first-order chi connectivity index (χ1) is 10.7. The van der Waals surface area contributed by atoms with E-state index in [0.717, 1.165) is 5.75 Å². The van der Waals surface area contributed by atoms with Crippen LogP contribution in [0.3, 0.4) is 0 Å². The minimum atomic E-state index is -0.582. The SMILES string of the molecule is C[C@@H](Oc1ccccc1Cl)C(=O)NCCSc1ccccc1. The number of nitrogens with one attached hydrogen (secondary N) is 1. The topological polar surface area (TPSA) is 38.3 Å². The lowest BCUT2D eigenvalue weighted by molar-refractivity contribution is -0.127. The van der Waals surface area contributed by atoms with Gasteiger partial charge in [0, 0.05) is 17.2 Å². The number of carbonyl (C=O) groups excluding carboxylic acids is 1. The van der Waals surface area contributed by atoms with Gasteiger partial charge in [0.25, 0.3) is 5.91 Å². The third-order valence-corrected chi connectivity index (χ3v) is 4.25. The second kappa shape index (κ2) is 8.71. The zero-order valence-electron chi connectivity index (χ0n) is 12.3. The van der Waals surface area contributed by atoms with Gasteiger partial charge in [0.05, 0.1) is 5.02 Å². The molecule has 0 heterocycles. The van der Waals surface area contributed by atoms with Crippen molar-refractivity contribution in [3.8, 4) is 5.75 Å². The van der Waals surface area contributed by atoms with E-state index in [1.165, 1.54) is 4.90 Å². The fraction of sp³-hybridized carbons (Fsp3) is 0.235. The number of para-hydroxylation sites is 1. The number of halogens is 1. The minimum absolute atomic E-state index is 0.145. The molecule has 116 valence electrons. The summed E-state index contributed by atoms with van der Waals surface area (Å²) in [4.78, 5) is 13.2. The van der Waals surface area contributed by atoms with E-state index in [-0.39, 0.29) is 5.91 Å². The summed E-state index contributed by atoms with van der Waals surface area (Å²) in [5.41, 5.74) is 0. The van der Waals surface area contributed by atoms with Crippen LogP contribution in [-0.4, -0.2) is 24.3 Å². The molecule has 22 heavy (non-hydrogen) atoms. The second-order valence-electron chi connectivity index (χ2n) is 4.64. The van der Waals surface area contributed by atoms with Crippen molar-refractivity contribution in [2.24, 2.45) is 0 Å². The molecule has 1 amide bonds. The number of hydrogen-bond donors (Lipinski definition) is 1. The summed E-state index contributed by atoms with van der Waals surface area (Å²) in [6.07, 6.45) is -0.582. The molecule has 0 fully saturated rings. The maximum atomic E-state index is 12.0. The van der Waals surface area contributed by atoms with Crippen molar-refractivity contribution in [2.45, 2.75) is 17.9 Å². The predicted octanol–water partition coefficient (Wildman–Crippen LogP) is 4.02. The van der Waals surface area contributed by atoms with Crippen LogP contribution in [-0.2, 0) is 4.79 Å². The van der Waals surface area contributed by atoms with Crippen molar-refractivity contribution < 1.29 is 9.53 Å². The normalized spacial score (nSPS) is 11.7. The Morgan fingerprint density at radius 2 is 1.86 bits per heavy atom. The first-order valence-electron chi connectivity index (χ1n) is 7.03. The van der Waals surface area contributed by atoms with Crippen LogP contribution < -0.4 is 10.1 Å². The Hall–Kier alpha value is -1.65. The van der Waals surface area contributed by atoms with Gasteiger partial charge in [-0.25, -0.2) is 0 Å². The molecular formula is C17H18ClNO2S. The molecule has 5 heteroatoms. The highest BCUT2D eigenvalue weighted by Gasteiger charge is 2.15. The molecule has 2 rings (SSSR count). The summed E-state index contributed by atoms with van der Waals surface area (Å²) >= 11 is 7.71. The van der Waals surface area contributed by atoms with Crippen LogP contribution in [0.15, 0.2) is 59.5 Å². The van der Waals surface area contributed by atoms with Gasteiger partial charge in [0.1, 0.15) is 5.75 Å². The van der Waals surface area contributed by atoms with Gasteiger partial charge < -0.3 is 10.1 Å². The fourth-order valence-electron chi connectivity index (χ4n) is 1.79. The predicted molar refractivity (Wildman–Crippen MR) is 91.7 cm³/mol. The molecular weight excluding hydrogens is 318 g/mol. The van der Waals surface area contributed by atoms with Crippen molar-refractivity contribution in [1.82, 2.24) is 5.32 Å². The number of carbonyl (C=O) groups is 1. The summed E-state index contributed by atoms with van der Waals surface area (Å²) in [6, 6.07) is 17.2. The lowest BCUT2D eigenvalue weighted by Crippen LogP contribution is -2.37. The van der Waals surface area contributed by atoms with Gasteiger partial charge in [-0.05, 0) is 31.2 Å². The van der Waals surface area contributed by atoms with E-state index in [2.05, 4.69) is 17.4 Å². The highest BCUT2D eigenvalue weighted by Crippen LogP contribution is 2.24. The Labute approximate surface area is 140 Å². The number of hydrogen-bond acceptors (Lipinski definition) is 3. The standard InChI is InChI=1S/C17H18ClNO2S/c1-13(21-16-10-6-5-9-15(16)18)17(20)19-11-12-22-14-7-3-2-4-8-14/h2-10,13H,11-12H2,1H3,(H,19,20)/t13-/m1/s1. The van der Waals surface area contributed by atoms with Gasteiger partial charge in [0.15, 0.2) is 6.10 Å². The fourth-order valence-corrected chi connectivity index (χ4v) is 2.76. The molecule has 0 saturated carbocycles. The molecule has 1 N–H and O–H groups in total. The van der Waals surface area contributed by atoms with E-state index in [1.54, 1.807) is 30.8 Å². The molecule has 0 aromatic heterocycles. The van der Waals surface area contributed by atoms with Crippen LogP contribution in [0.4, 0.5) is 0 Å². The number of benzene rings is 2. The van der Waals surface area contributed by atoms with Gasteiger partial charge in [0.2, 0.25) is 0 Å². The van der Waals surface area contributed by atoms with Crippen LogP contribution in [0.1, 0.15) is 6.92 Å². The average molecular weight is 336 g/mol. The number of thioether (sulfide) groups is 1. The van der Waals surface area contributed by atoms with Gasteiger partial charge in [-0.1, -0.05) is 41.9 Å². The van der Waals surface area contributed by atoms with Crippen LogP contribution >= 0.6 is 23.4 Å².